The number of aliphatic imine (C=N–C) groups is 1. The largest absolute Gasteiger partial charge is 0.478 e. The lowest BCUT2D eigenvalue weighted by Crippen LogP contribution is -2.39. The Morgan fingerprint density at radius 3 is 2.80 bits per heavy atom. The van der Waals surface area contributed by atoms with Crippen LogP contribution >= 0.6 is 35.3 Å². The summed E-state index contributed by atoms with van der Waals surface area (Å²) >= 11 is 1.79. The van der Waals surface area contributed by atoms with Crippen LogP contribution in [0.15, 0.2) is 40.8 Å². The number of ether oxygens (including phenoxy) is 1. The van der Waals surface area contributed by atoms with Gasteiger partial charge in [0.15, 0.2) is 5.96 Å². The fourth-order valence-electron chi connectivity index (χ4n) is 2.21. The van der Waals surface area contributed by atoms with E-state index in [1.54, 1.807) is 11.3 Å². The topological polar surface area (TPSA) is 49.8 Å². The van der Waals surface area contributed by atoms with Crippen molar-refractivity contribution < 1.29 is 4.74 Å². The zero-order chi connectivity index (χ0) is 17.2. The zero-order valence-electron chi connectivity index (χ0n) is 15.1. The molecule has 0 aromatic carbocycles. The van der Waals surface area contributed by atoms with Crippen LogP contribution in [0.3, 0.4) is 0 Å². The summed E-state index contributed by atoms with van der Waals surface area (Å²) in [7, 11) is 3.87. The number of hydrogen-bond acceptors (Lipinski definition) is 4. The summed E-state index contributed by atoms with van der Waals surface area (Å²) in [5.41, 5.74) is 1.10. The first-order valence-corrected chi connectivity index (χ1v) is 9.12. The Morgan fingerprint density at radius 2 is 2.20 bits per heavy atom. The highest BCUT2D eigenvalue weighted by molar-refractivity contribution is 14.0. The van der Waals surface area contributed by atoms with Crippen LogP contribution in [0.2, 0.25) is 0 Å². The van der Waals surface area contributed by atoms with Gasteiger partial charge in [0.05, 0.1) is 6.61 Å². The third kappa shape index (κ3) is 7.60. The monoisotopic (exact) mass is 474 g/mol. The van der Waals surface area contributed by atoms with Crippen LogP contribution in [-0.4, -0.2) is 43.1 Å². The summed E-state index contributed by atoms with van der Waals surface area (Å²) in [4.78, 5) is 12.2. The Labute approximate surface area is 171 Å². The van der Waals surface area contributed by atoms with Crippen molar-refractivity contribution >= 4 is 41.3 Å². The molecule has 25 heavy (non-hydrogen) atoms. The van der Waals surface area contributed by atoms with Crippen molar-refractivity contribution in [1.29, 1.82) is 0 Å². The van der Waals surface area contributed by atoms with E-state index in [0.717, 1.165) is 30.9 Å². The maximum atomic E-state index is 5.50. The third-order valence-electron chi connectivity index (χ3n) is 3.55. The average molecular weight is 474 g/mol. The van der Waals surface area contributed by atoms with Gasteiger partial charge in [-0.15, -0.1) is 35.3 Å². The number of halogens is 1. The van der Waals surface area contributed by atoms with Crippen molar-refractivity contribution in [3.63, 3.8) is 0 Å². The molecule has 0 fully saturated rings. The fourth-order valence-corrected chi connectivity index (χ4v) is 2.91. The molecule has 5 nitrogen and oxygen atoms in total. The first-order chi connectivity index (χ1) is 11.7. The van der Waals surface area contributed by atoms with Crippen LogP contribution in [-0.2, 0) is 13.0 Å². The Morgan fingerprint density at radius 1 is 1.36 bits per heavy atom. The van der Waals surface area contributed by atoms with E-state index in [4.69, 9.17) is 4.74 Å². The average Bonchev–Trinajstić information content (AvgIpc) is 3.13. The van der Waals surface area contributed by atoms with Gasteiger partial charge in [0.25, 0.3) is 0 Å². The first-order valence-electron chi connectivity index (χ1n) is 8.24. The van der Waals surface area contributed by atoms with Gasteiger partial charge in [0, 0.05) is 44.3 Å². The molecule has 2 heterocycles. The lowest BCUT2D eigenvalue weighted by molar-refractivity contribution is 0.305. The molecule has 138 valence electrons. The summed E-state index contributed by atoms with van der Waals surface area (Å²) in [5, 5.41) is 5.49. The van der Waals surface area contributed by atoms with Crippen molar-refractivity contribution in [3.05, 3.63) is 46.3 Å². The predicted octanol–water partition coefficient (Wildman–Crippen LogP) is 3.80. The fraction of sp³-hybridized carbons (Fsp3) is 0.444. The van der Waals surface area contributed by atoms with Crippen LogP contribution < -0.4 is 10.1 Å². The van der Waals surface area contributed by atoms with Gasteiger partial charge in [-0.25, -0.2) is 4.98 Å². The summed E-state index contributed by atoms with van der Waals surface area (Å²) in [6.07, 6.45) is 3.86. The van der Waals surface area contributed by atoms with E-state index in [9.17, 15) is 0 Å². The van der Waals surface area contributed by atoms with E-state index in [-0.39, 0.29) is 24.0 Å². The van der Waals surface area contributed by atoms with E-state index >= 15 is 0 Å². The van der Waals surface area contributed by atoms with Crippen molar-refractivity contribution in [1.82, 2.24) is 15.2 Å². The highest BCUT2D eigenvalue weighted by atomic mass is 127. The summed E-state index contributed by atoms with van der Waals surface area (Å²) in [6.45, 7) is 4.41. The van der Waals surface area contributed by atoms with Crippen LogP contribution in [0.25, 0.3) is 0 Å². The molecule has 0 bridgehead atoms. The predicted molar refractivity (Wildman–Crippen MR) is 116 cm³/mol. The maximum absolute atomic E-state index is 5.50. The molecular formula is C18H27IN4OS. The van der Waals surface area contributed by atoms with Gasteiger partial charge in [-0.05, 0) is 29.9 Å². The summed E-state index contributed by atoms with van der Waals surface area (Å²) in [6, 6.07) is 8.20. The molecule has 7 heteroatoms. The van der Waals surface area contributed by atoms with E-state index in [0.29, 0.717) is 19.0 Å². The Hall–Kier alpha value is -1.35. The number of guanidine groups is 1. The maximum Gasteiger partial charge on any atom is 0.213 e. The minimum atomic E-state index is 0. The quantitative estimate of drug-likeness (QED) is 0.359. The van der Waals surface area contributed by atoms with Gasteiger partial charge in [-0.3, -0.25) is 4.99 Å². The molecule has 0 spiro atoms. The van der Waals surface area contributed by atoms with Crippen LogP contribution in [0.4, 0.5) is 0 Å². The van der Waals surface area contributed by atoms with E-state index in [2.05, 4.69) is 51.7 Å². The lowest BCUT2D eigenvalue weighted by Gasteiger charge is -2.21. The smallest absolute Gasteiger partial charge is 0.213 e. The Bertz CT molecular complexity index is 617. The number of hydrogen-bond donors (Lipinski definition) is 1. The van der Waals surface area contributed by atoms with Crippen LogP contribution in [0.1, 0.15) is 23.8 Å². The third-order valence-corrected chi connectivity index (χ3v) is 4.49. The van der Waals surface area contributed by atoms with Gasteiger partial charge in [-0.2, -0.15) is 0 Å². The van der Waals surface area contributed by atoms with Gasteiger partial charge < -0.3 is 15.0 Å². The number of aromatic nitrogens is 1. The van der Waals surface area contributed by atoms with E-state index in [1.165, 1.54) is 4.88 Å². The highest BCUT2D eigenvalue weighted by Gasteiger charge is 2.06. The molecule has 0 aliphatic rings. The van der Waals surface area contributed by atoms with Gasteiger partial charge >= 0.3 is 0 Å². The molecule has 0 saturated carbocycles. The molecule has 0 amide bonds. The number of thiophene rings is 1. The van der Waals surface area contributed by atoms with Gasteiger partial charge in [0.1, 0.15) is 0 Å². The van der Waals surface area contributed by atoms with E-state index in [1.807, 2.05) is 25.4 Å². The minimum absolute atomic E-state index is 0. The summed E-state index contributed by atoms with van der Waals surface area (Å²) in [5.74, 6) is 1.57. The molecule has 0 atom stereocenters. The lowest BCUT2D eigenvalue weighted by atomic mass is 10.3. The molecule has 2 aromatic rings. The normalized spacial score (nSPS) is 10.9. The minimum Gasteiger partial charge on any atom is -0.478 e. The molecule has 0 aliphatic carbocycles. The highest BCUT2D eigenvalue weighted by Crippen LogP contribution is 2.10. The molecule has 0 saturated heterocycles. The van der Waals surface area contributed by atoms with Crippen molar-refractivity contribution in [2.45, 2.75) is 26.3 Å². The second-order valence-corrected chi connectivity index (χ2v) is 6.54. The molecule has 2 aromatic heterocycles. The molecular weight excluding hydrogens is 447 g/mol. The Kier molecular flexibility index (Phi) is 10.5. The number of likely N-dealkylation sites (N-methyl/N-ethyl adjacent to an activating group) is 1. The first kappa shape index (κ1) is 21.7. The van der Waals surface area contributed by atoms with Crippen molar-refractivity contribution in [3.8, 4) is 5.88 Å². The number of nitrogens with zero attached hydrogens (tertiary/aromatic N) is 3. The van der Waals surface area contributed by atoms with Crippen molar-refractivity contribution in [2.24, 2.45) is 4.99 Å². The standard InChI is InChI=1S/C18H26N4OS.HI/c1-4-11-23-17-8-7-15(13-20-17)14-21-18(19-2)22(3)10-9-16-6-5-12-24-16;/h5-8,12-13H,4,9-11,14H2,1-3H3,(H,19,21);1H. The number of pyridine rings is 1. The number of nitrogens with one attached hydrogen (secondary N) is 1. The molecule has 1 N–H and O–H groups in total. The second-order valence-electron chi connectivity index (χ2n) is 5.50. The summed E-state index contributed by atoms with van der Waals surface area (Å²) < 4.78 is 5.50. The molecule has 0 aliphatic heterocycles. The van der Waals surface area contributed by atoms with Crippen LogP contribution in [0.5, 0.6) is 5.88 Å². The Balaban J connectivity index is 0.00000312. The van der Waals surface area contributed by atoms with Gasteiger partial charge in [0.2, 0.25) is 5.88 Å². The zero-order valence-corrected chi connectivity index (χ0v) is 18.2. The second kappa shape index (κ2) is 12.1. The number of rotatable bonds is 8. The molecule has 0 radical (unpaired) electrons. The molecule has 2 rings (SSSR count). The van der Waals surface area contributed by atoms with Crippen molar-refractivity contribution in [2.75, 3.05) is 27.2 Å². The van der Waals surface area contributed by atoms with Crippen LogP contribution in [0, 0.1) is 0 Å². The molecule has 0 unspecified atom stereocenters. The SMILES string of the molecule is CCCOc1ccc(CNC(=NC)N(C)CCc2cccs2)cn1.I. The van der Waals surface area contributed by atoms with E-state index < -0.39 is 0 Å². The van der Waals surface area contributed by atoms with Gasteiger partial charge in [-0.1, -0.05) is 19.1 Å².